The summed E-state index contributed by atoms with van der Waals surface area (Å²) in [6.07, 6.45) is -0.927. The summed E-state index contributed by atoms with van der Waals surface area (Å²) in [4.78, 5) is 2.23. The Morgan fingerprint density at radius 2 is 1.22 bits per heavy atom. The van der Waals surface area contributed by atoms with Crippen LogP contribution in [-0.4, -0.2) is 51.5 Å². The molecule has 0 spiro atoms. The average Bonchev–Trinajstić information content (AvgIpc) is 3.14. The quantitative estimate of drug-likeness (QED) is 0.106. The lowest BCUT2D eigenvalue weighted by atomic mass is 9.90. The molecule has 9 heteroatoms. The van der Waals surface area contributed by atoms with E-state index >= 15 is 0 Å². The molecule has 0 amide bonds. The van der Waals surface area contributed by atoms with E-state index in [1.165, 1.54) is 0 Å². The number of rotatable bonds is 17. The Hall–Kier alpha value is -4.83. The SMILES string of the molecule is CCS(=O)(=O)Nc1cc([C@@H](O)CN(Cc2ccccc2)CC(c2ccc(OC)cc2)c2ccc(OC)cc2)ccc1OCc1ccccc1. The molecule has 49 heavy (non-hydrogen) atoms. The summed E-state index contributed by atoms with van der Waals surface area (Å²) in [7, 11) is -0.307. The van der Waals surface area contributed by atoms with Crippen LogP contribution in [0.3, 0.4) is 0 Å². The molecular formula is C40H44N2O6S. The van der Waals surface area contributed by atoms with Crippen molar-refractivity contribution < 1.29 is 27.7 Å². The molecule has 256 valence electrons. The van der Waals surface area contributed by atoms with Crippen molar-refractivity contribution in [3.8, 4) is 17.2 Å². The summed E-state index contributed by atoms with van der Waals surface area (Å²) in [6, 6.07) is 41.1. The van der Waals surface area contributed by atoms with Crippen LogP contribution in [-0.2, 0) is 23.2 Å². The Morgan fingerprint density at radius 3 is 1.76 bits per heavy atom. The zero-order valence-electron chi connectivity index (χ0n) is 28.2. The number of nitrogens with one attached hydrogen (secondary N) is 1. The molecular weight excluding hydrogens is 637 g/mol. The fourth-order valence-corrected chi connectivity index (χ4v) is 6.30. The first-order valence-corrected chi connectivity index (χ1v) is 18.0. The summed E-state index contributed by atoms with van der Waals surface area (Å²) >= 11 is 0. The van der Waals surface area contributed by atoms with Crippen LogP contribution in [0.25, 0.3) is 0 Å². The van der Waals surface area contributed by atoms with E-state index in [-0.39, 0.29) is 18.3 Å². The number of aliphatic hydroxyl groups excluding tert-OH is 1. The van der Waals surface area contributed by atoms with E-state index in [0.29, 0.717) is 36.6 Å². The minimum absolute atomic E-state index is 0.0339. The minimum Gasteiger partial charge on any atom is -0.497 e. The number of methoxy groups -OCH3 is 2. The molecule has 0 unspecified atom stereocenters. The van der Waals surface area contributed by atoms with Crippen LogP contribution in [0.15, 0.2) is 127 Å². The molecule has 0 radical (unpaired) electrons. The zero-order chi connectivity index (χ0) is 34.6. The van der Waals surface area contributed by atoms with Crippen molar-refractivity contribution in [2.75, 3.05) is 37.8 Å². The molecule has 0 heterocycles. The van der Waals surface area contributed by atoms with Crippen molar-refractivity contribution in [1.82, 2.24) is 4.90 Å². The Labute approximate surface area is 290 Å². The van der Waals surface area contributed by atoms with E-state index < -0.39 is 16.1 Å². The van der Waals surface area contributed by atoms with Crippen molar-refractivity contribution in [1.29, 1.82) is 0 Å². The molecule has 1 atom stereocenters. The maximum atomic E-state index is 12.7. The summed E-state index contributed by atoms with van der Waals surface area (Å²) in [5.74, 6) is 1.81. The van der Waals surface area contributed by atoms with Crippen molar-refractivity contribution in [2.45, 2.75) is 32.1 Å². The Kier molecular flexibility index (Phi) is 12.3. The van der Waals surface area contributed by atoms with Crippen molar-refractivity contribution >= 4 is 15.7 Å². The molecule has 0 aliphatic carbocycles. The number of benzene rings is 5. The largest absolute Gasteiger partial charge is 0.497 e. The topological polar surface area (TPSA) is 97.3 Å². The first-order valence-electron chi connectivity index (χ1n) is 16.3. The molecule has 0 saturated carbocycles. The maximum absolute atomic E-state index is 12.7. The molecule has 0 saturated heterocycles. The van der Waals surface area contributed by atoms with Gasteiger partial charge in [-0.3, -0.25) is 9.62 Å². The van der Waals surface area contributed by atoms with Gasteiger partial charge in [-0.05, 0) is 71.1 Å². The fraction of sp³-hybridized carbons (Fsp3) is 0.250. The lowest BCUT2D eigenvalue weighted by Crippen LogP contribution is -2.33. The van der Waals surface area contributed by atoms with Crippen LogP contribution in [0, 0.1) is 0 Å². The first-order chi connectivity index (χ1) is 23.8. The normalized spacial score (nSPS) is 12.1. The molecule has 2 N–H and O–H groups in total. The third kappa shape index (κ3) is 10.1. The van der Waals surface area contributed by atoms with Gasteiger partial charge in [-0.15, -0.1) is 0 Å². The van der Waals surface area contributed by atoms with Gasteiger partial charge < -0.3 is 19.3 Å². The minimum atomic E-state index is -3.61. The number of aliphatic hydroxyl groups is 1. The van der Waals surface area contributed by atoms with Crippen LogP contribution in [0.2, 0.25) is 0 Å². The van der Waals surface area contributed by atoms with Gasteiger partial charge in [-0.1, -0.05) is 91.0 Å². The number of hydrogen-bond donors (Lipinski definition) is 2. The van der Waals surface area contributed by atoms with Gasteiger partial charge in [0.05, 0.1) is 31.8 Å². The number of ether oxygens (including phenoxy) is 3. The lowest BCUT2D eigenvalue weighted by Gasteiger charge is -2.30. The molecule has 5 aromatic rings. The van der Waals surface area contributed by atoms with Crippen LogP contribution in [0.5, 0.6) is 17.2 Å². The van der Waals surface area contributed by atoms with Crippen LogP contribution in [0.1, 0.15) is 46.8 Å². The van der Waals surface area contributed by atoms with Gasteiger partial charge in [0.1, 0.15) is 23.9 Å². The second kappa shape index (κ2) is 17.0. The smallest absolute Gasteiger partial charge is 0.232 e. The maximum Gasteiger partial charge on any atom is 0.232 e. The van der Waals surface area contributed by atoms with Crippen molar-refractivity contribution in [3.05, 3.63) is 155 Å². The van der Waals surface area contributed by atoms with E-state index in [9.17, 15) is 13.5 Å². The van der Waals surface area contributed by atoms with E-state index in [1.54, 1.807) is 39.3 Å². The first kappa shape index (κ1) is 35.5. The molecule has 0 aromatic heterocycles. The number of anilines is 1. The predicted molar refractivity (Wildman–Crippen MR) is 195 cm³/mol. The highest BCUT2D eigenvalue weighted by molar-refractivity contribution is 7.92. The highest BCUT2D eigenvalue weighted by Gasteiger charge is 2.23. The van der Waals surface area contributed by atoms with E-state index in [2.05, 4.69) is 46.0 Å². The number of hydrogen-bond acceptors (Lipinski definition) is 7. The second-order valence-corrected chi connectivity index (χ2v) is 13.8. The molecule has 0 bridgehead atoms. The number of sulfonamides is 1. The highest BCUT2D eigenvalue weighted by atomic mass is 32.2. The van der Waals surface area contributed by atoms with Gasteiger partial charge in [0, 0.05) is 25.6 Å². The van der Waals surface area contributed by atoms with Crippen molar-refractivity contribution in [3.63, 3.8) is 0 Å². The summed E-state index contributed by atoms with van der Waals surface area (Å²) in [5.41, 5.74) is 5.14. The van der Waals surface area contributed by atoms with Crippen LogP contribution >= 0.6 is 0 Å². The van der Waals surface area contributed by atoms with Gasteiger partial charge >= 0.3 is 0 Å². The molecule has 5 aromatic carbocycles. The predicted octanol–water partition coefficient (Wildman–Crippen LogP) is 7.41. The van der Waals surface area contributed by atoms with Crippen molar-refractivity contribution in [2.24, 2.45) is 0 Å². The highest BCUT2D eigenvalue weighted by Crippen LogP contribution is 2.33. The van der Waals surface area contributed by atoms with Crippen LogP contribution < -0.4 is 18.9 Å². The standard InChI is InChI=1S/C40H44N2O6S/c1-4-49(44,45)41-38-25-34(19-24-40(38)48-29-31-13-9-6-10-14-31)39(43)28-42(26-30-11-7-5-8-12-30)27-37(32-15-20-35(46-2)21-16-32)33-17-22-36(47-3)23-18-33/h5-25,37,39,41,43H,4,26-29H2,1-3H3/t39-/m0/s1. The van der Waals surface area contributed by atoms with Crippen LogP contribution in [0.4, 0.5) is 5.69 Å². The zero-order valence-corrected chi connectivity index (χ0v) is 29.0. The van der Waals surface area contributed by atoms with Gasteiger partial charge in [0.25, 0.3) is 0 Å². The van der Waals surface area contributed by atoms with E-state index in [4.69, 9.17) is 14.2 Å². The molecule has 0 aliphatic rings. The summed E-state index contributed by atoms with van der Waals surface area (Å²) < 4.78 is 44.9. The average molecular weight is 681 g/mol. The Balaban J connectivity index is 1.45. The summed E-state index contributed by atoms with van der Waals surface area (Å²) in [5, 5.41) is 11.7. The van der Waals surface area contributed by atoms with E-state index in [1.807, 2.05) is 72.8 Å². The fourth-order valence-electron chi connectivity index (χ4n) is 5.66. The van der Waals surface area contributed by atoms with Gasteiger partial charge in [0.2, 0.25) is 10.0 Å². The van der Waals surface area contributed by atoms with E-state index in [0.717, 1.165) is 33.8 Å². The third-order valence-corrected chi connectivity index (χ3v) is 9.72. The Morgan fingerprint density at radius 1 is 0.694 bits per heavy atom. The second-order valence-electron chi connectivity index (χ2n) is 11.8. The molecule has 8 nitrogen and oxygen atoms in total. The van der Waals surface area contributed by atoms with Gasteiger partial charge in [-0.25, -0.2) is 8.42 Å². The summed E-state index contributed by atoms with van der Waals surface area (Å²) in [6.45, 7) is 3.33. The number of nitrogens with zero attached hydrogens (tertiary/aromatic N) is 1. The monoisotopic (exact) mass is 680 g/mol. The Bertz CT molecular complexity index is 1800. The van der Waals surface area contributed by atoms with Gasteiger partial charge in [0.15, 0.2) is 0 Å². The molecule has 5 rings (SSSR count). The third-order valence-electron chi connectivity index (χ3n) is 8.43. The molecule has 0 fully saturated rings. The molecule has 0 aliphatic heterocycles. The lowest BCUT2D eigenvalue weighted by molar-refractivity contribution is 0.107. The van der Waals surface area contributed by atoms with Gasteiger partial charge in [-0.2, -0.15) is 0 Å².